The highest BCUT2D eigenvalue weighted by molar-refractivity contribution is 5.76. The van der Waals surface area contributed by atoms with Crippen LogP contribution in [0.3, 0.4) is 0 Å². The Labute approximate surface area is 147 Å². The van der Waals surface area contributed by atoms with Gasteiger partial charge in [-0.05, 0) is 37.0 Å². The van der Waals surface area contributed by atoms with Crippen LogP contribution in [0.4, 0.5) is 14.0 Å². The summed E-state index contributed by atoms with van der Waals surface area (Å²) < 4.78 is 12.9. The fraction of sp³-hybridized carbons (Fsp3) is 0.556. The van der Waals surface area contributed by atoms with Crippen LogP contribution in [-0.2, 0) is 6.54 Å². The van der Waals surface area contributed by atoms with Crippen molar-refractivity contribution in [2.24, 2.45) is 0 Å². The standard InChI is InChI=1S/C18H25FN4O2/c19-16-6-4-15(5-7-16)14-20-17(24)21-10-3-11-23(13-12-21)18(25)22-8-1-2-9-22/h4-7H,1-3,8-14H2,(H,20,24). The maximum absolute atomic E-state index is 12.9. The lowest BCUT2D eigenvalue weighted by molar-refractivity contribution is 0.163. The van der Waals surface area contributed by atoms with Crippen molar-refractivity contribution < 1.29 is 14.0 Å². The van der Waals surface area contributed by atoms with Gasteiger partial charge in [-0.2, -0.15) is 0 Å². The molecule has 2 heterocycles. The molecule has 4 amide bonds. The van der Waals surface area contributed by atoms with Crippen molar-refractivity contribution in [2.75, 3.05) is 39.3 Å². The van der Waals surface area contributed by atoms with Gasteiger partial charge in [0.1, 0.15) is 5.82 Å². The summed E-state index contributed by atoms with van der Waals surface area (Å²) in [7, 11) is 0. The first kappa shape index (κ1) is 17.5. The number of urea groups is 2. The Balaban J connectivity index is 1.47. The van der Waals surface area contributed by atoms with Crippen LogP contribution in [-0.4, -0.2) is 66.0 Å². The Bertz CT molecular complexity index is 602. The molecule has 7 heteroatoms. The van der Waals surface area contributed by atoms with Crippen LogP contribution in [0.25, 0.3) is 0 Å². The Kier molecular flexibility index (Phi) is 5.73. The maximum Gasteiger partial charge on any atom is 0.320 e. The highest BCUT2D eigenvalue weighted by Gasteiger charge is 2.26. The molecule has 2 aliphatic heterocycles. The number of carbonyl (C=O) groups is 2. The van der Waals surface area contributed by atoms with E-state index < -0.39 is 0 Å². The van der Waals surface area contributed by atoms with Gasteiger partial charge in [0.2, 0.25) is 0 Å². The number of benzene rings is 1. The number of carbonyl (C=O) groups excluding carboxylic acids is 2. The molecule has 0 saturated carbocycles. The summed E-state index contributed by atoms with van der Waals surface area (Å²) in [6.07, 6.45) is 2.94. The topological polar surface area (TPSA) is 55.9 Å². The zero-order valence-electron chi connectivity index (χ0n) is 14.4. The van der Waals surface area contributed by atoms with Crippen LogP contribution in [0.5, 0.6) is 0 Å². The molecule has 1 N–H and O–H groups in total. The quantitative estimate of drug-likeness (QED) is 0.891. The van der Waals surface area contributed by atoms with Crippen molar-refractivity contribution in [3.05, 3.63) is 35.6 Å². The summed E-state index contributed by atoms with van der Waals surface area (Å²) in [5, 5.41) is 2.87. The molecule has 0 aliphatic carbocycles. The maximum atomic E-state index is 12.9. The van der Waals surface area contributed by atoms with Gasteiger partial charge in [-0.3, -0.25) is 0 Å². The van der Waals surface area contributed by atoms with E-state index >= 15 is 0 Å². The predicted octanol–water partition coefficient (Wildman–Crippen LogP) is 2.26. The first-order chi connectivity index (χ1) is 12.1. The van der Waals surface area contributed by atoms with Gasteiger partial charge in [-0.15, -0.1) is 0 Å². The number of amides is 4. The summed E-state index contributed by atoms with van der Waals surface area (Å²) >= 11 is 0. The number of halogens is 1. The first-order valence-electron chi connectivity index (χ1n) is 8.94. The molecule has 3 rings (SSSR count). The van der Waals surface area contributed by atoms with Gasteiger partial charge in [-0.25, -0.2) is 14.0 Å². The molecule has 0 spiro atoms. The summed E-state index contributed by atoms with van der Waals surface area (Å²) in [6.45, 7) is 4.49. The summed E-state index contributed by atoms with van der Waals surface area (Å²) in [6, 6.07) is 6.05. The van der Waals surface area contributed by atoms with Gasteiger partial charge in [0.05, 0.1) is 0 Å². The molecule has 0 atom stereocenters. The van der Waals surface area contributed by atoms with E-state index in [1.807, 2.05) is 9.80 Å². The monoisotopic (exact) mass is 348 g/mol. The Morgan fingerprint density at radius 3 is 2.12 bits per heavy atom. The largest absolute Gasteiger partial charge is 0.334 e. The van der Waals surface area contributed by atoms with Crippen molar-refractivity contribution in [3.63, 3.8) is 0 Å². The van der Waals surface area contributed by atoms with E-state index in [1.54, 1.807) is 17.0 Å². The molecular formula is C18H25FN4O2. The molecule has 2 fully saturated rings. The average Bonchev–Trinajstić information content (AvgIpc) is 3.05. The highest BCUT2D eigenvalue weighted by Crippen LogP contribution is 2.13. The van der Waals surface area contributed by atoms with Gasteiger partial charge < -0.3 is 20.0 Å². The van der Waals surface area contributed by atoms with E-state index in [0.29, 0.717) is 32.7 Å². The minimum atomic E-state index is -0.287. The highest BCUT2D eigenvalue weighted by atomic mass is 19.1. The molecule has 1 aromatic carbocycles. The van der Waals surface area contributed by atoms with Crippen molar-refractivity contribution in [1.82, 2.24) is 20.0 Å². The smallest absolute Gasteiger partial charge is 0.320 e. The zero-order valence-corrected chi connectivity index (χ0v) is 14.4. The SMILES string of the molecule is O=C(NCc1ccc(F)cc1)N1CCCN(C(=O)N2CCCC2)CC1. The van der Waals surface area contributed by atoms with Crippen LogP contribution in [0.15, 0.2) is 24.3 Å². The lowest BCUT2D eigenvalue weighted by atomic mass is 10.2. The van der Waals surface area contributed by atoms with E-state index in [9.17, 15) is 14.0 Å². The van der Waals surface area contributed by atoms with E-state index in [2.05, 4.69) is 5.32 Å². The number of nitrogens with zero attached hydrogens (tertiary/aromatic N) is 3. The number of rotatable bonds is 2. The fourth-order valence-corrected chi connectivity index (χ4v) is 3.31. The fourth-order valence-electron chi connectivity index (χ4n) is 3.31. The summed E-state index contributed by atoms with van der Waals surface area (Å²) in [5.74, 6) is -0.287. The number of nitrogens with one attached hydrogen (secondary N) is 1. The molecule has 0 unspecified atom stereocenters. The third-order valence-corrected chi connectivity index (χ3v) is 4.79. The van der Waals surface area contributed by atoms with Crippen LogP contribution in [0.1, 0.15) is 24.8 Å². The second kappa shape index (κ2) is 8.18. The Morgan fingerprint density at radius 2 is 1.40 bits per heavy atom. The van der Waals surface area contributed by atoms with Crippen molar-refractivity contribution >= 4 is 12.1 Å². The first-order valence-corrected chi connectivity index (χ1v) is 8.94. The molecule has 6 nitrogen and oxygen atoms in total. The van der Waals surface area contributed by atoms with Crippen molar-refractivity contribution in [1.29, 1.82) is 0 Å². The number of likely N-dealkylation sites (tertiary alicyclic amines) is 1. The normalized spacial score (nSPS) is 18.2. The zero-order chi connectivity index (χ0) is 17.6. The molecule has 1 aromatic rings. The number of hydrogen-bond acceptors (Lipinski definition) is 2. The molecular weight excluding hydrogens is 323 g/mol. The predicted molar refractivity (Wildman–Crippen MR) is 92.6 cm³/mol. The van der Waals surface area contributed by atoms with Crippen LogP contribution in [0.2, 0.25) is 0 Å². The second-order valence-corrected chi connectivity index (χ2v) is 6.59. The Morgan fingerprint density at radius 1 is 0.840 bits per heavy atom. The van der Waals surface area contributed by atoms with Gasteiger partial charge in [0.25, 0.3) is 0 Å². The number of hydrogen-bond donors (Lipinski definition) is 1. The van der Waals surface area contributed by atoms with Crippen LogP contribution < -0.4 is 5.32 Å². The van der Waals surface area contributed by atoms with E-state index in [1.165, 1.54) is 12.1 Å². The molecule has 0 aromatic heterocycles. The Hall–Kier alpha value is -2.31. The molecule has 25 heavy (non-hydrogen) atoms. The van der Waals surface area contributed by atoms with E-state index in [4.69, 9.17) is 0 Å². The van der Waals surface area contributed by atoms with Gasteiger partial charge in [-0.1, -0.05) is 12.1 Å². The lowest BCUT2D eigenvalue weighted by Crippen LogP contribution is -2.45. The molecule has 2 aliphatic rings. The molecule has 2 saturated heterocycles. The minimum Gasteiger partial charge on any atom is -0.334 e. The van der Waals surface area contributed by atoms with Crippen molar-refractivity contribution in [3.8, 4) is 0 Å². The van der Waals surface area contributed by atoms with Gasteiger partial charge in [0, 0.05) is 45.8 Å². The summed E-state index contributed by atoms with van der Waals surface area (Å²) in [4.78, 5) is 30.3. The second-order valence-electron chi connectivity index (χ2n) is 6.59. The summed E-state index contributed by atoms with van der Waals surface area (Å²) in [5.41, 5.74) is 0.857. The van der Waals surface area contributed by atoms with Gasteiger partial charge >= 0.3 is 12.1 Å². The van der Waals surface area contributed by atoms with Crippen LogP contribution >= 0.6 is 0 Å². The molecule has 136 valence electrons. The van der Waals surface area contributed by atoms with Gasteiger partial charge in [0.15, 0.2) is 0 Å². The average molecular weight is 348 g/mol. The molecule has 0 radical (unpaired) electrons. The molecule has 0 bridgehead atoms. The van der Waals surface area contributed by atoms with Crippen molar-refractivity contribution in [2.45, 2.75) is 25.8 Å². The minimum absolute atomic E-state index is 0.103. The van der Waals surface area contributed by atoms with Crippen LogP contribution in [0, 0.1) is 5.82 Å². The third kappa shape index (κ3) is 4.61. The van der Waals surface area contributed by atoms with E-state index in [0.717, 1.165) is 37.9 Å². The lowest BCUT2D eigenvalue weighted by Gasteiger charge is -2.27. The van der Waals surface area contributed by atoms with E-state index in [-0.39, 0.29) is 17.9 Å². The third-order valence-electron chi connectivity index (χ3n) is 4.79.